The molecule has 0 saturated heterocycles. The molecule has 1 amide bonds. The zero-order chi connectivity index (χ0) is 18.3. The van der Waals surface area contributed by atoms with E-state index < -0.39 is 6.09 Å². The summed E-state index contributed by atoms with van der Waals surface area (Å²) >= 11 is 6.67. The number of hydrogen-bond donors (Lipinski definition) is 3. The average molecular weight is 370 g/mol. The molecule has 0 bridgehead atoms. The summed E-state index contributed by atoms with van der Waals surface area (Å²) in [7, 11) is 0. The first-order valence-electron chi connectivity index (χ1n) is 8.21. The molecule has 132 valence electrons. The summed E-state index contributed by atoms with van der Waals surface area (Å²) in [6.45, 7) is 0.816. The number of carbonyl (C=O) groups is 1. The summed E-state index contributed by atoms with van der Waals surface area (Å²) in [5, 5.41) is 9.81. The number of H-pyrrole nitrogens is 2. The molecule has 0 fully saturated rings. The van der Waals surface area contributed by atoms with E-state index in [1.807, 2.05) is 42.5 Å². The van der Waals surface area contributed by atoms with Gasteiger partial charge in [-0.25, -0.2) is 9.59 Å². The van der Waals surface area contributed by atoms with Crippen LogP contribution < -0.4 is 5.69 Å². The average Bonchev–Trinajstić information content (AvgIpc) is 3.01. The van der Waals surface area contributed by atoms with Crippen LogP contribution in [0.1, 0.15) is 12.0 Å². The van der Waals surface area contributed by atoms with Gasteiger partial charge < -0.3 is 20.0 Å². The van der Waals surface area contributed by atoms with Gasteiger partial charge in [-0.15, -0.1) is 0 Å². The van der Waals surface area contributed by atoms with E-state index >= 15 is 0 Å². The van der Waals surface area contributed by atoms with Crippen LogP contribution in [0.4, 0.5) is 4.79 Å². The third-order valence-electron chi connectivity index (χ3n) is 4.59. The number of amides is 1. The Labute approximate surface area is 153 Å². The van der Waals surface area contributed by atoms with Crippen LogP contribution in [0.25, 0.3) is 27.7 Å². The molecule has 1 aliphatic heterocycles. The third kappa shape index (κ3) is 2.88. The van der Waals surface area contributed by atoms with Crippen molar-refractivity contribution in [2.24, 2.45) is 0 Å². The molecule has 0 radical (unpaired) electrons. The number of benzene rings is 2. The minimum atomic E-state index is -0.926. The summed E-state index contributed by atoms with van der Waals surface area (Å²) in [6, 6.07) is 11.3. The molecular weight excluding hydrogens is 354 g/mol. The number of halogens is 1. The minimum Gasteiger partial charge on any atom is -0.465 e. The molecule has 0 aliphatic carbocycles. The Kier molecular flexibility index (Phi) is 4.05. The molecule has 3 N–H and O–H groups in total. The second kappa shape index (κ2) is 6.38. The van der Waals surface area contributed by atoms with Gasteiger partial charge in [0.15, 0.2) is 0 Å². The van der Waals surface area contributed by atoms with E-state index in [-0.39, 0.29) is 5.69 Å². The van der Waals surface area contributed by atoms with Gasteiger partial charge in [-0.3, -0.25) is 0 Å². The number of carboxylic acid groups (broad SMARTS) is 1. The van der Waals surface area contributed by atoms with Gasteiger partial charge in [-0.2, -0.15) is 0 Å². The van der Waals surface area contributed by atoms with E-state index in [0.29, 0.717) is 30.0 Å². The highest BCUT2D eigenvalue weighted by Gasteiger charge is 2.20. The quantitative estimate of drug-likeness (QED) is 0.639. The monoisotopic (exact) mass is 369 g/mol. The van der Waals surface area contributed by atoms with Crippen molar-refractivity contribution in [1.29, 1.82) is 0 Å². The van der Waals surface area contributed by atoms with E-state index in [1.54, 1.807) is 0 Å². The lowest BCUT2D eigenvalue weighted by Gasteiger charge is -2.25. The van der Waals surface area contributed by atoms with Crippen molar-refractivity contribution in [3.05, 3.63) is 63.5 Å². The molecule has 4 rings (SSSR count). The van der Waals surface area contributed by atoms with Crippen molar-refractivity contribution >= 4 is 34.3 Å². The largest absolute Gasteiger partial charge is 0.465 e. The lowest BCUT2D eigenvalue weighted by atomic mass is 9.96. The second-order valence-corrected chi connectivity index (χ2v) is 6.61. The number of nitrogens with one attached hydrogen (secondary N) is 2. The number of rotatable bonds is 2. The number of aromatic amines is 2. The normalized spacial score (nSPS) is 14.5. The molecule has 0 saturated carbocycles. The summed E-state index contributed by atoms with van der Waals surface area (Å²) in [5.41, 5.74) is 4.64. The van der Waals surface area contributed by atoms with Gasteiger partial charge in [0.05, 0.1) is 16.1 Å². The highest BCUT2D eigenvalue weighted by molar-refractivity contribution is 6.35. The number of hydrogen-bond acceptors (Lipinski definition) is 2. The molecule has 6 nitrogen and oxygen atoms in total. The van der Waals surface area contributed by atoms with Gasteiger partial charge in [0.25, 0.3) is 0 Å². The van der Waals surface area contributed by atoms with E-state index in [4.69, 9.17) is 11.6 Å². The summed E-state index contributed by atoms with van der Waals surface area (Å²) in [6.07, 6.45) is 1.78. The Bertz CT molecular complexity index is 1100. The van der Waals surface area contributed by atoms with Gasteiger partial charge in [0, 0.05) is 18.7 Å². The third-order valence-corrected chi connectivity index (χ3v) is 5.00. The van der Waals surface area contributed by atoms with Crippen molar-refractivity contribution in [2.45, 2.75) is 6.42 Å². The zero-order valence-corrected chi connectivity index (χ0v) is 14.5. The Morgan fingerprint density at radius 3 is 2.69 bits per heavy atom. The molecule has 1 aliphatic rings. The molecule has 7 heteroatoms. The maximum atomic E-state index is 11.5. The topological polar surface area (TPSA) is 89.2 Å². The van der Waals surface area contributed by atoms with Crippen LogP contribution in [-0.4, -0.2) is 39.2 Å². The van der Waals surface area contributed by atoms with Crippen molar-refractivity contribution < 1.29 is 9.90 Å². The minimum absolute atomic E-state index is 0.252. The lowest BCUT2D eigenvalue weighted by Crippen LogP contribution is -2.34. The van der Waals surface area contributed by atoms with Gasteiger partial charge >= 0.3 is 11.8 Å². The predicted molar refractivity (Wildman–Crippen MR) is 102 cm³/mol. The van der Waals surface area contributed by atoms with Crippen LogP contribution in [-0.2, 0) is 0 Å². The van der Waals surface area contributed by atoms with Gasteiger partial charge in [0.1, 0.15) is 0 Å². The molecular formula is C19H16ClN3O3. The molecule has 0 atom stereocenters. The molecule has 0 spiro atoms. The highest BCUT2D eigenvalue weighted by Crippen LogP contribution is 2.36. The Hall–Kier alpha value is -2.99. The fourth-order valence-electron chi connectivity index (χ4n) is 3.31. The van der Waals surface area contributed by atoms with Crippen LogP contribution in [0.15, 0.2) is 47.3 Å². The molecule has 2 heterocycles. The van der Waals surface area contributed by atoms with Crippen molar-refractivity contribution in [3.63, 3.8) is 0 Å². The number of imidazole rings is 1. The van der Waals surface area contributed by atoms with E-state index in [1.165, 1.54) is 4.90 Å². The maximum absolute atomic E-state index is 11.5. The molecule has 26 heavy (non-hydrogen) atoms. The summed E-state index contributed by atoms with van der Waals surface area (Å²) in [4.78, 5) is 29.6. The Morgan fingerprint density at radius 1 is 1.12 bits per heavy atom. The SMILES string of the molecule is O=C(O)N1CCC=C(c2cccc(-c3ccc4[nH]c(=O)[nH]c4c3)c2Cl)C1. The Balaban J connectivity index is 1.76. The highest BCUT2D eigenvalue weighted by atomic mass is 35.5. The van der Waals surface area contributed by atoms with Crippen LogP contribution in [0, 0.1) is 0 Å². The van der Waals surface area contributed by atoms with Crippen LogP contribution in [0.5, 0.6) is 0 Å². The molecule has 1 aromatic heterocycles. The first kappa shape index (κ1) is 16.5. The molecule has 2 aromatic carbocycles. The van der Waals surface area contributed by atoms with E-state index in [2.05, 4.69) is 9.97 Å². The van der Waals surface area contributed by atoms with Crippen molar-refractivity contribution in [1.82, 2.24) is 14.9 Å². The van der Waals surface area contributed by atoms with Gasteiger partial charge in [-0.05, 0) is 35.3 Å². The van der Waals surface area contributed by atoms with Crippen LogP contribution in [0.2, 0.25) is 5.02 Å². The smallest absolute Gasteiger partial charge is 0.407 e. The lowest BCUT2D eigenvalue weighted by molar-refractivity contribution is 0.150. The first-order valence-corrected chi connectivity index (χ1v) is 8.59. The van der Waals surface area contributed by atoms with Crippen molar-refractivity contribution in [2.75, 3.05) is 13.1 Å². The van der Waals surface area contributed by atoms with E-state index in [0.717, 1.165) is 27.8 Å². The fraction of sp³-hybridized carbons (Fsp3) is 0.158. The summed E-state index contributed by atoms with van der Waals surface area (Å²) in [5.74, 6) is 0. The predicted octanol–water partition coefficient (Wildman–Crippen LogP) is 3.94. The molecule has 3 aromatic rings. The van der Waals surface area contributed by atoms with Crippen LogP contribution in [0.3, 0.4) is 0 Å². The van der Waals surface area contributed by atoms with Gasteiger partial charge in [-0.1, -0.05) is 41.9 Å². The number of aromatic nitrogens is 2. The second-order valence-electron chi connectivity index (χ2n) is 6.23. The standard InChI is InChI=1S/C19H16ClN3O3/c20-17-13(11-6-7-15-16(9-11)22-18(24)21-15)4-1-5-14(17)12-3-2-8-23(10-12)19(25)26/h1,3-7,9H,2,8,10H2,(H,25,26)(H2,21,22,24). The number of fused-ring (bicyclic) bond motifs is 1. The van der Waals surface area contributed by atoms with E-state index in [9.17, 15) is 14.7 Å². The van der Waals surface area contributed by atoms with Crippen LogP contribution >= 0.6 is 11.6 Å². The Morgan fingerprint density at radius 2 is 1.88 bits per heavy atom. The zero-order valence-electron chi connectivity index (χ0n) is 13.8. The molecule has 0 unspecified atom stereocenters. The summed E-state index contributed by atoms with van der Waals surface area (Å²) < 4.78 is 0. The maximum Gasteiger partial charge on any atom is 0.407 e. The fourth-order valence-corrected chi connectivity index (χ4v) is 3.66. The van der Waals surface area contributed by atoms with Gasteiger partial charge in [0.2, 0.25) is 0 Å². The number of nitrogens with zero attached hydrogens (tertiary/aromatic N) is 1. The first-order chi connectivity index (χ1) is 12.5. The van der Waals surface area contributed by atoms with Crippen molar-refractivity contribution in [3.8, 4) is 11.1 Å².